The van der Waals surface area contributed by atoms with E-state index in [2.05, 4.69) is 21.2 Å². The number of rotatable bonds is 6. The van der Waals surface area contributed by atoms with Gasteiger partial charge >= 0.3 is 0 Å². The molecule has 0 saturated carbocycles. The SMILES string of the molecule is CCC(CC)(CN)C(=O)NCc1ccc(Br)cc1.Cl. The highest BCUT2D eigenvalue weighted by Crippen LogP contribution is 2.25. The molecule has 0 aliphatic carbocycles. The van der Waals surface area contributed by atoms with Crippen molar-refractivity contribution in [3.8, 4) is 0 Å². The third-order valence-corrected chi connectivity index (χ3v) is 4.12. The van der Waals surface area contributed by atoms with Gasteiger partial charge in [-0.3, -0.25) is 4.79 Å². The van der Waals surface area contributed by atoms with Crippen molar-refractivity contribution in [2.45, 2.75) is 33.2 Å². The third kappa shape index (κ3) is 4.79. The average Bonchev–Trinajstić information content (AvgIpc) is 2.41. The molecule has 0 saturated heterocycles. The van der Waals surface area contributed by atoms with Crippen molar-refractivity contribution >= 4 is 34.2 Å². The Morgan fingerprint density at radius 3 is 2.21 bits per heavy atom. The van der Waals surface area contributed by atoms with Crippen LogP contribution in [0.1, 0.15) is 32.3 Å². The van der Waals surface area contributed by atoms with Crippen LogP contribution in [0.15, 0.2) is 28.7 Å². The fourth-order valence-corrected chi connectivity index (χ4v) is 2.19. The first-order chi connectivity index (χ1) is 8.57. The molecule has 1 aromatic carbocycles. The molecule has 0 bridgehead atoms. The predicted octanol–water partition coefficient (Wildman–Crippen LogP) is 3.25. The molecule has 0 fully saturated rings. The van der Waals surface area contributed by atoms with Crippen molar-refractivity contribution in [1.82, 2.24) is 5.32 Å². The second kappa shape index (κ2) is 8.56. The van der Waals surface area contributed by atoms with Crippen LogP contribution in [-0.2, 0) is 11.3 Å². The summed E-state index contributed by atoms with van der Waals surface area (Å²) < 4.78 is 1.04. The molecule has 1 amide bonds. The van der Waals surface area contributed by atoms with Crippen LogP contribution in [0.5, 0.6) is 0 Å². The van der Waals surface area contributed by atoms with E-state index in [4.69, 9.17) is 5.73 Å². The van der Waals surface area contributed by atoms with Gasteiger partial charge in [0.25, 0.3) is 0 Å². The Kier molecular flexibility index (Phi) is 8.30. The van der Waals surface area contributed by atoms with Crippen LogP contribution < -0.4 is 11.1 Å². The minimum atomic E-state index is -0.421. The summed E-state index contributed by atoms with van der Waals surface area (Å²) in [5.74, 6) is 0.0536. The van der Waals surface area contributed by atoms with Crippen LogP contribution >= 0.6 is 28.3 Å². The largest absolute Gasteiger partial charge is 0.352 e. The van der Waals surface area contributed by atoms with E-state index < -0.39 is 5.41 Å². The second-order valence-corrected chi connectivity index (χ2v) is 5.42. The van der Waals surface area contributed by atoms with Gasteiger partial charge in [0, 0.05) is 17.6 Å². The predicted molar refractivity (Wildman–Crippen MR) is 85.3 cm³/mol. The van der Waals surface area contributed by atoms with E-state index in [-0.39, 0.29) is 18.3 Å². The van der Waals surface area contributed by atoms with Gasteiger partial charge in [-0.2, -0.15) is 0 Å². The van der Waals surface area contributed by atoms with Crippen LogP contribution in [0, 0.1) is 5.41 Å². The van der Waals surface area contributed by atoms with Crippen molar-refractivity contribution in [3.63, 3.8) is 0 Å². The zero-order chi connectivity index (χ0) is 13.6. The van der Waals surface area contributed by atoms with Gasteiger partial charge in [-0.25, -0.2) is 0 Å². The molecule has 0 aromatic heterocycles. The van der Waals surface area contributed by atoms with E-state index in [0.29, 0.717) is 13.1 Å². The fraction of sp³-hybridized carbons (Fsp3) is 0.500. The number of hydrogen-bond donors (Lipinski definition) is 2. The Morgan fingerprint density at radius 2 is 1.79 bits per heavy atom. The Morgan fingerprint density at radius 1 is 1.26 bits per heavy atom. The molecule has 0 atom stereocenters. The van der Waals surface area contributed by atoms with Crippen molar-refractivity contribution in [2.75, 3.05) is 6.54 Å². The lowest BCUT2D eigenvalue weighted by atomic mass is 9.81. The first kappa shape index (κ1) is 18.4. The zero-order valence-electron chi connectivity index (χ0n) is 11.4. The Hall–Kier alpha value is -0.580. The van der Waals surface area contributed by atoms with Crippen LogP contribution in [-0.4, -0.2) is 12.5 Å². The molecule has 19 heavy (non-hydrogen) atoms. The van der Waals surface area contributed by atoms with Gasteiger partial charge in [0.05, 0.1) is 5.41 Å². The first-order valence-electron chi connectivity index (χ1n) is 6.30. The highest BCUT2D eigenvalue weighted by Gasteiger charge is 2.32. The molecule has 1 rings (SSSR count). The van der Waals surface area contributed by atoms with Crippen molar-refractivity contribution in [3.05, 3.63) is 34.3 Å². The molecule has 0 heterocycles. The standard InChI is InChI=1S/C14H21BrN2O.ClH/c1-3-14(4-2,10-16)13(18)17-9-11-5-7-12(15)8-6-11;/h5-8H,3-4,9-10,16H2,1-2H3,(H,17,18);1H. The van der Waals surface area contributed by atoms with Gasteiger partial charge in [0.2, 0.25) is 5.91 Å². The van der Waals surface area contributed by atoms with E-state index in [9.17, 15) is 4.79 Å². The summed E-state index contributed by atoms with van der Waals surface area (Å²) in [6.07, 6.45) is 1.54. The third-order valence-electron chi connectivity index (χ3n) is 3.59. The molecule has 5 heteroatoms. The van der Waals surface area contributed by atoms with Gasteiger partial charge in [-0.15, -0.1) is 12.4 Å². The molecule has 0 spiro atoms. The summed E-state index contributed by atoms with van der Waals surface area (Å²) in [6.45, 7) is 4.96. The molecule has 0 aliphatic rings. The van der Waals surface area contributed by atoms with Crippen molar-refractivity contribution in [2.24, 2.45) is 11.1 Å². The lowest BCUT2D eigenvalue weighted by molar-refractivity contribution is -0.131. The number of carbonyl (C=O) groups is 1. The van der Waals surface area contributed by atoms with E-state index in [1.165, 1.54) is 0 Å². The molecule has 3 N–H and O–H groups in total. The maximum absolute atomic E-state index is 12.2. The maximum Gasteiger partial charge on any atom is 0.227 e. The fourth-order valence-electron chi connectivity index (χ4n) is 1.92. The topological polar surface area (TPSA) is 55.1 Å². The lowest BCUT2D eigenvalue weighted by Crippen LogP contribution is -2.45. The van der Waals surface area contributed by atoms with Crippen molar-refractivity contribution in [1.29, 1.82) is 0 Å². The molecular formula is C14H22BrClN2O. The summed E-state index contributed by atoms with van der Waals surface area (Å²) in [5.41, 5.74) is 6.42. The van der Waals surface area contributed by atoms with Crippen LogP contribution in [0.3, 0.4) is 0 Å². The summed E-state index contributed by atoms with van der Waals surface area (Å²) >= 11 is 3.39. The van der Waals surface area contributed by atoms with E-state index in [1.807, 2.05) is 38.1 Å². The maximum atomic E-state index is 12.2. The second-order valence-electron chi connectivity index (χ2n) is 4.50. The average molecular weight is 350 g/mol. The normalized spacial score (nSPS) is 10.7. The van der Waals surface area contributed by atoms with Gasteiger partial charge in [-0.1, -0.05) is 41.9 Å². The number of hydrogen-bond acceptors (Lipinski definition) is 2. The Labute approximate surface area is 129 Å². The molecular weight excluding hydrogens is 328 g/mol. The van der Waals surface area contributed by atoms with E-state index in [1.54, 1.807) is 0 Å². The zero-order valence-corrected chi connectivity index (χ0v) is 13.8. The number of halogens is 2. The highest BCUT2D eigenvalue weighted by molar-refractivity contribution is 9.10. The van der Waals surface area contributed by atoms with Gasteiger partial charge in [0.1, 0.15) is 0 Å². The molecule has 108 valence electrons. The lowest BCUT2D eigenvalue weighted by Gasteiger charge is -2.28. The Balaban J connectivity index is 0.00000324. The monoisotopic (exact) mass is 348 g/mol. The van der Waals surface area contributed by atoms with E-state index >= 15 is 0 Å². The van der Waals surface area contributed by atoms with Crippen LogP contribution in [0.4, 0.5) is 0 Å². The minimum Gasteiger partial charge on any atom is -0.352 e. The van der Waals surface area contributed by atoms with Crippen LogP contribution in [0.2, 0.25) is 0 Å². The summed E-state index contributed by atoms with van der Waals surface area (Å²) in [5, 5.41) is 2.98. The summed E-state index contributed by atoms with van der Waals surface area (Å²) in [7, 11) is 0. The quantitative estimate of drug-likeness (QED) is 0.828. The molecule has 0 aliphatic heterocycles. The number of benzene rings is 1. The number of carbonyl (C=O) groups excluding carboxylic acids is 1. The minimum absolute atomic E-state index is 0. The number of nitrogens with one attached hydrogen (secondary N) is 1. The molecule has 0 radical (unpaired) electrons. The van der Waals surface area contributed by atoms with E-state index in [0.717, 1.165) is 22.9 Å². The number of nitrogens with two attached hydrogens (primary N) is 1. The smallest absolute Gasteiger partial charge is 0.227 e. The van der Waals surface area contributed by atoms with Crippen LogP contribution in [0.25, 0.3) is 0 Å². The van der Waals surface area contributed by atoms with Crippen molar-refractivity contribution < 1.29 is 4.79 Å². The summed E-state index contributed by atoms with van der Waals surface area (Å²) in [4.78, 5) is 12.2. The number of amides is 1. The highest BCUT2D eigenvalue weighted by atomic mass is 79.9. The van der Waals surface area contributed by atoms with Gasteiger partial charge in [-0.05, 0) is 30.5 Å². The van der Waals surface area contributed by atoms with Gasteiger partial charge < -0.3 is 11.1 Å². The summed E-state index contributed by atoms with van der Waals surface area (Å²) in [6, 6.07) is 7.92. The molecule has 3 nitrogen and oxygen atoms in total. The Bertz CT molecular complexity index is 383. The molecule has 0 unspecified atom stereocenters. The molecule has 1 aromatic rings. The first-order valence-corrected chi connectivity index (χ1v) is 7.10. The van der Waals surface area contributed by atoms with Gasteiger partial charge in [0.15, 0.2) is 0 Å².